The highest BCUT2D eigenvalue weighted by Gasteiger charge is 2.38. The van der Waals surface area contributed by atoms with Crippen molar-refractivity contribution in [2.45, 2.75) is 33.1 Å². The van der Waals surface area contributed by atoms with Crippen LogP contribution in [-0.2, 0) is 9.59 Å². The largest absolute Gasteiger partial charge is 0.573 e. The number of hydrogen-bond donors (Lipinski definition) is 0. The molecule has 2 aromatic rings. The second kappa shape index (κ2) is 7.45. The lowest BCUT2D eigenvalue weighted by atomic mass is 10.1. The lowest BCUT2D eigenvalue weighted by molar-refractivity contribution is -0.274. The van der Waals surface area contributed by atoms with Crippen LogP contribution in [0.15, 0.2) is 30.6 Å². The molecule has 1 atom stereocenters. The van der Waals surface area contributed by atoms with Crippen LogP contribution in [0, 0.1) is 12.8 Å². The molecule has 0 bridgehead atoms. The number of alkyl halides is 3. The van der Waals surface area contributed by atoms with Crippen LogP contribution in [0.5, 0.6) is 17.5 Å². The third-order valence-corrected chi connectivity index (χ3v) is 4.20. The van der Waals surface area contributed by atoms with Crippen molar-refractivity contribution in [3.63, 3.8) is 0 Å². The van der Waals surface area contributed by atoms with Crippen LogP contribution in [-0.4, -0.2) is 28.1 Å². The fourth-order valence-corrected chi connectivity index (χ4v) is 2.75. The number of aryl methyl sites for hydroxylation is 1. The van der Waals surface area contributed by atoms with Crippen molar-refractivity contribution in [1.29, 1.82) is 0 Å². The summed E-state index contributed by atoms with van der Waals surface area (Å²) >= 11 is 0. The maximum atomic E-state index is 12.4. The average Bonchev–Trinajstić information content (AvgIpc) is 2.91. The summed E-state index contributed by atoms with van der Waals surface area (Å²) in [5.41, 5.74) is 0.487. The van der Waals surface area contributed by atoms with Crippen LogP contribution < -0.4 is 14.4 Å². The van der Waals surface area contributed by atoms with E-state index in [2.05, 4.69) is 14.7 Å². The molecule has 0 aliphatic carbocycles. The standard InChI is InChI=1S/C18H16F3N3O4/c1-3-11-6-15(25)24(16(11)26)12-8-22-17(23-9-12)27-13-5-4-10(2)14(7-13)28-18(19,20)21/h4-5,7-9,11H,3,6H2,1-2H3/t11-/m0/s1. The molecule has 1 aromatic heterocycles. The summed E-state index contributed by atoms with van der Waals surface area (Å²) in [7, 11) is 0. The van der Waals surface area contributed by atoms with E-state index in [0.717, 1.165) is 11.0 Å². The third kappa shape index (κ3) is 4.21. The Hall–Kier alpha value is -3.17. The fourth-order valence-electron chi connectivity index (χ4n) is 2.75. The van der Waals surface area contributed by atoms with E-state index >= 15 is 0 Å². The zero-order valence-corrected chi connectivity index (χ0v) is 15.0. The van der Waals surface area contributed by atoms with Crippen LogP contribution in [0.1, 0.15) is 25.3 Å². The maximum Gasteiger partial charge on any atom is 0.573 e. The van der Waals surface area contributed by atoms with Gasteiger partial charge in [0.15, 0.2) is 0 Å². The van der Waals surface area contributed by atoms with E-state index in [9.17, 15) is 22.8 Å². The SMILES string of the molecule is CC[C@H]1CC(=O)N(c2cnc(Oc3ccc(C)c(OC(F)(F)F)c3)nc2)C1=O. The minimum Gasteiger partial charge on any atom is -0.424 e. The van der Waals surface area contributed by atoms with Gasteiger partial charge in [-0.15, -0.1) is 13.2 Å². The number of amides is 2. The quantitative estimate of drug-likeness (QED) is 0.717. The highest BCUT2D eigenvalue weighted by Crippen LogP contribution is 2.32. The van der Waals surface area contributed by atoms with E-state index < -0.39 is 12.1 Å². The molecule has 7 nitrogen and oxygen atoms in total. The average molecular weight is 395 g/mol. The van der Waals surface area contributed by atoms with Crippen molar-refractivity contribution in [1.82, 2.24) is 9.97 Å². The Morgan fingerprint density at radius 3 is 2.46 bits per heavy atom. The van der Waals surface area contributed by atoms with Gasteiger partial charge in [-0.1, -0.05) is 13.0 Å². The van der Waals surface area contributed by atoms with Gasteiger partial charge in [0.05, 0.1) is 18.1 Å². The van der Waals surface area contributed by atoms with Crippen molar-refractivity contribution < 1.29 is 32.2 Å². The third-order valence-electron chi connectivity index (χ3n) is 4.20. The van der Waals surface area contributed by atoms with E-state index in [-0.39, 0.29) is 47.2 Å². The second-order valence-corrected chi connectivity index (χ2v) is 6.18. The van der Waals surface area contributed by atoms with Gasteiger partial charge in [-0.25, -0.2) is 14.9 Å². The van der Waals surface area contributed by atoms with Crippen LogP contribution in [0.2, 0.25) is 0 Å². The van der Waals surface area contributed by atoms with Gasteiger partial charge in [0.25, 0.3) is 0 Å². The maximum absolute atomic E-state index is 12.4. The minimum absolute atomic E-state index is 0.0389. The molecule has 1 aliphatic rings. The highest BCUT2D eigenvalue weighted by molar-refractivity contribution is 6.20. The molecule has 3 rings (SSSR count). The molecule has 1 aliphatic heterocycles. The Bertz CT molecular complexity index is 900. The van der Waals surface area contributed by atoms with Gasteiger partial charge in [0.1, 0.15) is 11.5 Å². The number of hydrogen-bond acceptors (Lipinski definition) is 6. The number of anilines is 1. The first kappa shape index (κ1) is 19.6. The summed E-state index contributed by atoms with van der Waals surface area (Å²) in [6, 6.07) is 3.75. The molecule has 1 aromatic carbocycles. The summed E-state index contributed by atoms with van der Waals surface area (Å²) in [6.45, 7) is 3.29. The number of ether oxygens (including phenoxy) is 2. The van der Waals surface area contributed by atoms with Crippen molar-refractivity contribution in [2.75, 3.05) is 4.90 Å². The van der Waals surface area contributed by atoms with E-state index in [1.54, 1.807) is 0 Å². The summed E-state index contributed by atoms with van der Waals surface area (Å²) in [4.78, 5) is 33.1. The van der Waals surface area contributed by atoms with Crippen molar-refractivity contribution in [2.24, 2.45) is 5.92 Å². The molecule has 28 heavy (non-hydrogen) atoms. The first-order valence-electron chi connectivity index (χ1n) is 8.41. The summed E-state index contributed by atoms with van der Waals surface area (Å²) in [5.74, 6) is -1.36. The molecule has 0 N–H and O–H groups in total. The molecule has 0 saturated carbocycles. The first-order chi connectivity index (χ1) is 13.2. The van der Waals surface area contributed by atoms with E-state index in [0.29, 0.717) is 6.42 Å². The van der Waals surface area contributed by atoms with Crippen molar-refractivity contribution >= 4 is 17.5 Å². The first-order valence-corrected chi connectivity index (χ1v) is 8.41. The normalized spacial score (nSPS) is 17.2. The zero-order chi connectivity index (χ0) is 20.5. The molecule has 2 amide bonds. The number of carbonyl (C=O) groups excluding carboxylic acids is 2. The molecular weight excluding hydrogens is 379 g/mol. The summed E-state index contributed by atoms with van der Waals surface area (Å²) in [6.07, 6.45) is -1.64. The van der Waals surface area contributed by atoms with Gasteiger partial charge in [-0.05, 0) is 25.0 Å². The molecule has 10 heteroatoms. The predicted molar refractivity (Wildman–Crippen MR) is 90.9 cm³/mol. The van der Waals surface area contributed by atoms with Crippen LogP contribution in [0.25, 0.3) is 0 Å². The Kier molecular flexibility index (Phi) is 5.21. The molecule has 0 radical (unpaired) electrons. The summed E-state index contributed by atoms with van der Waals surface area (Å²) < 4.78 is 46.6. The molecule has 1 saturated heterocycles. The molecule has 1 fully saturated rings. The Morgan fingerprint density at radius 2 is 1.89 bits per heavy atom. The zero-order valence-electron chi connectivity index (χ0n) is 15.0. The number of imide groups is 1. The Morgan fingerprint density at radius 1 is 1.21 bits per heavy atom. The van der Waals surface area contributed by atoms with Gasteiger partial charge in [-0.3, -0.25) is 9.59 Å². The molecular formula is C18H16F3N3O4. The molecule has 2 heterocycles. The smallest absolute Gasteiger partial charge is 0.424 e. The highest BCUT2D eigenvalue weighted by atomic mass is 19.4. The monoisotopic (exact) mass is 395 g/mol. The number of aromatic nitrogens is 2. The fraction of sp³-hybridized carbons (Fsp3) is 0.333. The van der Waals surface area contributed by atoms with Crippen molar-refractivity contribution in [3.05, 3.63) is 36.2 Å². The minimum atomic E-state index is -4.83. The van der Waals surface area contributed by atoms with E-state index in [1.165, 1.54) is 31.5 Å². The number of carbonyl (C=O) groups is 2. The molecule has 0 unspecified atom stereocenters. The molecule has 148 valence electrons. The Balaban J connectivity index is 1.76. The van der Waals surface area contributed by atoms with Gasteiger partial charge >= 0.3 is 12.4 Å². The van der Waals surface area contributed by atoms with Crippen LogP contribution in [0.3, 0.4) is 0 Å². The second-order valence-electron chi connectivity index (χ2n) is 6.18. The van der Waals surface area contributed by atoms with Gasteiger partial charge < -0.3 is 9.47 Å². The number of rotatable bonds is 5. The topological polar surface area (TPSA) is 81.6 Å². The van der Waals surface area contributed by atoms with Crippen molar-refractivity contribution in [3.8, 4) is 17.5 Å². The lowest BCUT2D eigenvalue weighted by Gasteiger charge is -2.14. The number of nitrogens with zero attached hydrogens (tertiary/aromatic N) is 3. The van der Waals surface area contributed by atoms with Crippen LogP contribution in [0.4, 0.5) is 18.9 Å². The molecule has 0 spiro atoms. The summed E-state index contributed by atoms with van der Waals surface area (Å²) in [5, 5.41) is 0. The number of benzene rings is 1. The van der Waals surface area contributed by atoms with E-state index in [4.69, 9.17) is 4.74 Å². The number of halogens is 3. The Labute approximate surface area is 158 Å². The van der Waals surface area contributed by atoms with Gasteiger partial charge in [-0.2, -0.15) is 0 Å². The predicted octanol–water partition coefficient (Wildman–Crippen LogP) is 3.77. The lowest BCUT2D eigenvalue weighted by Crippen LogP contribution is -2.30. The van der Waals surface area contributed by atoms with E-state index in [1.807, 2.05) is 6.92 Å². The van der Waals surface area contributed by atoms with Gasteiger partial charge in [0.2, 0.25) is 11.8 Å². The van der Waals surface area contributed by atoms with Gasteiger partial charge in [0, 0.05) is 18.4 Å². The van der Waals surface area contributed by atoms with Crippen LogP contribution >= 0.6 is 0 Å².